The topological polar surface area (TPSA) is 32.7 Å². The summed E-state index contributed by atoms with van der Waals surface area (Å²) < 4.78 is 68.0. The number of hydrogen-bond acceptors (Lipinski definition) is 2. The summed E-state index contributed by atoms with van der Waals surface area (Å²) in [5, 5.41) is 3.87. The summed E-state index contributed by atoms with van der Waals surface area (Å²) in [5.74, 6) is -11.8. The van der Waals surface area contributed by atoms with Gasteiger partial charge in [-0.05, 0) is 31.1 Å². The second-order valence-electron chi connectivity index (χ2n) is 5.64. The molecule has 0 aliphatic carbocycles. The Bertz CT molecular complexity index is 968. The number of amides is 1. The van der Waals surface area contributed by atoms with E-state index in [0.717, 1.165) is 5.56 Å². The van der Waals surface area contributed by atoms with Crippen LogP contribution in [0.1, 0.15) is 18.1 Å². The highest BCUT2D eigenvalue weighted by molar-refractivity contribution is 6.32. The fourth-order valence-corrected chi connectivity index (χ4v) is 2.52. The van der Waals surface area contributed by atoms with Crippen LogP contribution in [0.4, 0.5) is 27.6 Å². The Morgan fingerprint density at radius 1 is 0.885 bits per heavy atom. The van der Waals surface area contributed by atoms with E-state index in [9.17, 15) is 26.7 Å². The fraction of sp³-hybridized carbons (Fsp3) is 0.111. The van der Waals surface area contributed by atoms with Crippen molar-refractivity contribution < 1.29 is 26.7 Å². The molecule has 0 radical (unpaired) electrons. The lowest BCUT2D eigenvalue weighted by molar-refractivity contribution is -0.114. The predicted molar refractivity (Wildman–Crippen MR) is 86.0 cm³/mol. The Morgan fingerprint density at radius 3 is 2.00 bits per heavy atom. The molecule has 0 N–H and O–H groups in total. The molecule has 3 nitrogen and oxygen atoms in total. The zero-order valence-corrected chi connectivity index (χ0v) is 13.6. The first-order valence-corrected chi connectivity index (χ1v) is 7.42. The summed E-state index contributed by atoms with van der Waals surface area (Å²) in [6.45, 7) is 3.19. The average molecular weight is 366 g/mol. The molecule has 2 aromatic carbocycles. The van der Waals surface area contributed by atoms with Crippen LogP contribution in [0.2, 0.25) is 0 Å². The van der Waals surface area contributed by atoms with E-state index < -0.39 is 40.7 Å². The molecule has 0 bridgehead atoms. The molecule has 2 aromatic rings. The first kappa shape index (κ1) is 17.8. The van der Waals surface area contributed by atoms with Crippen molar-refractivity contribution in [1.29, 1.82) is 0 Å². The van der Waals surface area contributed by atoms with Crippen LogP contribution in [0.15, 0.2) is 34.9 Å². The predicted octanol–water partition coefficient (Wildman–Crippen LogP) is 4.50. The third-order valence-corrected chi connectivity index (χ3v) is 3.95. The molecule has 134 valence electrons. The number of carbonyl (C=O) groups is 1. The molecule has 1 heterocycles. The maximum absolute atomic E-state index is 14.0. The molecule has 8 heteroatoms. The van der Waals surface area contributed by atoms with E-state index in [0.29, 0.717) is 5.56 Å². The van der Waals surface area contributed by atoms with Gasteiger partial charge in [0, 0.05) is 0 Å². The van der Waals surface area contributed by atoms with E-state index in [2.05, 4.69) is 5.10 Å². The Labute approximate surface area is 145 Å². The smallest absolute Gasteiger partial charge is 0.267 e. The third-order valence-electron chi connectivity index (χ3n) is 3.95. The van der Waals surface area contributed by atoms with Crippen molar-refractivity contribution in [3.63, 3.8) is 0 Å². The maximum Gasteiger partial charge on any atom is 0.280 e. The van der Waals surface area contributed by atoms with Crippen LogP contribution in [0.3, 0.4) is 0 Å². The fourth-order valence-electron chi connectivity index (χ4n) is 2.52. The lowest BCUT2D eigenvalue weighted by Crippen LogP contribution is -2.25. The number of nitrogens with zero attached hydrogens (tertiary/aromatic N) is 2. The molecule has 26 heavy (non-hydrogen) atoms. The van der Waals surface area contributed by atoms with E-state index in [4.69, 9.17) is 0 Å². The number of aryl methyl sites for hydroxylation is 1. The normalized spacial score (nSPS) is 15.8. The third kappa shape index (κ3) is 2.67. The highest BCUT2D eigenvalue weighted by Gasteiger charge is 2.37. The van der Waals surface area contributed by atoms with Crippen LogP contribution >= 0.6 is 0 Å². The second-order valence-corrected chi connectivity index (χ2v) is 5.64. The first-order valence-electron chi connectivity index (χ1n) is 7.42. The molecule has 1 aliphatic heterocycles. The minimum absolute atomic E-state index is 0.0109. The number of benzene rings is 2. The summed E-state index contributed by atoms with van der Waals surface area (Å²) >= 11 is 0. The Kier molecular flexibility index (Phi) is 4.35. The minimum atomic E-state index is -2.30. The Balaban J connectivity index is 2.12. The van der Waals surface area contributed by atoms with Gasteiger partial charge in [0.25, 0.3) is 5.91 Å². The van der Waals surface area contributed by atoms with Gasteiger partial charge in [-0.3, -0.25) is 4.79 Å². The standard InChI is InChI=1S/C18H11F5N2O/c1-8-5-3-4-6-10(8)7-11-9(2)24-25(18(11)26)17-15(22)13(20)12(19)14(21)16(17)23/h3-7H,1-2H3/b11-7+. The van der Waals surface area contributed by atoms with Gasteiger partial charge in [0.2, 0.25) is 5.82 Å². The van der Waals surface area contributed by atoms with E-state index in [1.165, 1.54) is 13.0 Å². The van der Waals surface area contributed by atoms with E-state index in [1.54, 1.807) is 31.2 Å². The lowest BCUT2D eigenvalue weighted by Gasteiger charge is -2.15. The van der Waals surface area contributed by atoms with Gasteiger partial charge >= 0.3 is 0 Å². The van der Waals surface area contributed by atoms with Gasteiger partial charge in [0.15, 0.2) is 23.3 Å². The summed E-state index contributed by atoms with van der Waals surface area (Å²) in [6, 6.07) is 7.02. The van der Waals surface area contributed by atoms with Crippen molar-refractivity contribution in [2.75, 3.05) is 5.01 Å². The summed E-state index contributed by atoms with van der Waals surface area (Å²) in [6.07, 6.45) is 1.45. The van der Waals surface area contributed by atoms with Crippen LogP contribution in [0, 0.1) is 36.0 Å². The molecule has 0 saturated heterocycles. The molecular formula is C18H11F5N2O. The number of halogens is 5. The SMILES string of the molecule is CC1=NN(c2c(F)c(F)c(F)c(F)c2F)C(=O)/C1=C/c1ccccc1C. The van der Waals surface area contributed by atoms with Crippen LogP contribution < -0.4 is 5.01 Å². The molecule has 0 aromatic heterocycles. The molecule has 0 atom stereocenters. The lowest BCUT2D eigenvalue weighted by atomic mass is 10.0. The zero-order chi connectivity index (χ0) is 19.2. The highest BCUT2D eigenvalue weighted by Crippen LogP contribution is 2.34. The van der Waals surface area contributed by atoms with Gasteiger partial charge in [-0.1, -0.05) is 24.3 Å². The molecule has 0 fully saturated rings. The van der Waals surface area contributed by atoms with Crippen molar-refractivity contribution in [2.24, 2.45) is 5.10 Å². The van der Waals surface area contributed by atoms with Gasteiger partial charge in [0.1, 0.15) is 5.69 Å². The molecule has 0 saturated carbocycles. The molecular weight excluding hydrogens is 355 g/mol. The largest absolute Gasteiger partial charge is 0.280 e. The van der Waals surface area contributed by atoms with E-state index in [1.807, 2.05) is 0 Å². The average Bonchev–Trinajstić information content (AvgIpc) is 2.88. The van der Waals surface area contributed by atoms with Crippen molar-refractivity contribution in [1.82, 2.24) is 0 Å². The molecule has 0 spiro atoms. The first-order chi connectivity index (χ1) is 12.2. The van der Waals surface area contributed by atoms with Crippen LogP contribution in [-0.2, 0) is 4.79 Å². The van der Waals surface area contributed by atoms with Crippen molar-refractivity contribution in [3.05, 3.63) is 70.1 Å². The quantitative estimate of drug-likeness (QED) is 0.333. The summed E-state index contributed by atoms with van der Waals surface area (Å²) in [7, 11) is 0. The number of anilines is 1. The minimum Gasteiger partial charge on any atom is -0.267 e. The van der Waals surface area contributed by atoms with Gasteiger partial charge in [-0.15, -0.1) is 0 Å². The van der Waals surface area contributed by atoms with Crippen LogP contribution in [-0.4, -0.2) is 11.6 Å². The van der Waals surface area contributed by atoms with Gasteiger partial charge in [0.05, 0.1) is 11.3 Å². The summed E-state index contributed by atoms with van der Waals surface area (Å²) in [4.78, 5) is 12.5. The second kappa shape index (κ2) is 6.36. The van der Waals surface area contributed by atoms with Crippen LogP contribution in [0.5, 0.6) is 0 Å². The van der Waals surface area contributed by atoms with E-state index >= 15 is 0 Å². The highest BCUT2D eigenvalue weighted by atomic mass is 19.2. The summed E-state index contributed by atoms with van der Waals surface area (Å²) in [5.41, 5.74) is 0.157. The number of hydrazone groups is 1. The van der Waals surface area contributed by atoms with Crippen molar-refractivity contribution in [2.45, 2.75) is 13.8 Å². The zero-order valence-electron chi connectivity index (χ0n) is 13.6. The number of hydrogen-bond donors (Lipinski definition) is 0. The molecule has 1 aliphatic rings. The molecule has 0 unspecified atom stereocenters. The maximum atomic E-state index is 14.0. The molecule has 3 rings (SSSR count). The van der Waals surface area contributed by atoms with Gasteiger partial charge in [-0.2, -0.15) is 10.1 Å². The Morgan fingerprint density at radius 2 is 1.42 bits per heavy atom. The van der Waals surface area contributed by atoms with Gasteiger partial charge in [-0.25, -0.2) is 22.0 Å². The number of rotatable bonds is 2. The Hall–Kier alpha value is -3.03. The van der Waals surface area contributed by atoms with Crippen molar-refractivity contribution in [3.8, 4) is 0 Å². The van der Waals surface area contributed by atoms with Gasteiger partial charge < -0.3 is 0 Å². The van der Waals surface area contributed by atoms with E-state index in [-0.39, 0.29) is 16.3 Å². The van der Waals surface area contributed by atoms with Crippen LogP contribution in [0.25, 0.3) is 6.08 Å². The number of carbonyl (C=O) groups excluding carboxylic acids is 1. The monoisotopic (exact) mass is 366 g/mol. The molecule has 1 amide bonds. The van der Waals surface area contributed by atoms with Crippen molar-refractivity contribution >= 4 is 23.4 Å².